The number of carbonyl (C=O) groups is 2. The number of nitrogens with zero attached hydrogens (tertiary/aromatic N) is 1. The van der Waals surface area contributed by atoms with Crippen LogP contribution in [0.15, 0.2) is 18.2 Å². The zero-order chi connectivity index (χ0) is 16.3. The Bertz CT molecular complexity index is 580. The van der Waals surface area contributed by atoms with E-state index in [0.29, 0.717) is 23.0 Å². The number of amides is 1. The molecule has 2 atom stereocenters. The molecule has 0 saturated carbocycles. The summed E-state index contributed by atoms with van der Waals surface area (Å²) in [7, 11) is 0. The minimum atomic E-state index is -0.872. The van der Waals surface area contributed by atoms with Crippen molar-refractivity contribution in [3.63, 3.8) is 0 Å². The molecule has 0 aromatic heterocycles. The Morgan fingerprint density at radius 1 is 1.41 bits per heavy atom. The first kappa shape index (κ1) is 17.1. The number of carboxylic acid groups (broad SMARTS) is 1. The van der Waals surface area contributed by atoms with Crippen molar-refractivity contribution in [3.05, 3.63) is 33.8 Å². The lowest BCUT2D eigenvalue weighted by atomic mass is 10.1. The number of likely N-dealkylation sites (tertiary alicyclic amines) is 1. The van der Waals surface area contributed by atoms with Gasteiger partial charge in [-0.3, -0.25) is 14.5 Å². The topological polar surface area (TPSA) is 69.6 Å². The summed E-state index contributed by atoms with van der Waals surface area (Å²) in [4.78, 5) is 24.9. The molecule has 1 fully saturated rings. The highest BCUT2D eigenvalue weighted by atomic mass is 35.5. The first-order valence-corrected chi connectivity index (χ1v) is 7.85. The fraction of sp³-hybridized carbons (Fsp3) is 0.467. The third-order valence-corrected chi connectivity index (χ3v) is 4.56. The second-order valence-corrected chi connectivity index (χ2v) is 6.24. The smallest absolute Gasteiger partial charge is 0.320 e. The Morgan fingerprint density at radius 3 is 2.77 bits per heavy atom. The number of carbonyl (C=O) groups excluding carboxylic acids is 1. The van der Waals surface area contributed by atoms with E-state index in [2.05, 4.69) is 5.32 Å². The molecule has 1 heterocycles. The van der Waals surface area contributed by atoms with Crippen molar-refractivity contribution in [1.82, 2.24) is 10.2 Å². The molecule has 0 radical (unpaired) electrons. The summed E-state index contributed by atoms with van der Waals surface area (Å²) < 4.78 is 0. The molecule has 1 aromatic carbocycles. The zero-order valence-electron chi connectivity index (χ0n) is 12.2. The van der Waals surface area contributed by atoms with Crippen LogP contribution < -0.4 is 5.32 Å². The molecule has 1 aliphatic heterocycles. The summed E-state index contributed by atoms with van der Waals surface area (Å²) in [6.07, 6.45) is 1.39. The molecule has 2 N–H and O–H groups in total. The first-order valence-electron chi connectivity index (χ1n) is 7.09. The van der Waals surface area contributed by atoms with E-state index in [-0.39, 0.29) is 18.5 Å². The van der Waals surface area contributed by atoms with Crippen molar-refractivity contribution in [1.29, 1.82) is 0 Å². The quantitative estimate of drug-likeness (QED) is 0.861. The maximum atomic E-state index is 12.1. The van der Waals surface area contributed by atoms with Gasteiger partial charge in [-0.25, -0.2) is 0 Å². The van der Waals surface area contributed by atoms with E-state index in [1.54, 1.807) is 23.1 Å². The van der Waals surface area contributed by atoms with Crippen molar-refractivity contribution < 1.29 is 14.7 Å². The van der Waals surface area contributed by atoms with E-state index in [4.69, 9.17) is 28.3 Å². The van der Waals surface area contributed by atoms with Crippen LogP contribution in [0.25, 0.3) is 0 Å². The van der Waals surface area contributed by atoms with Gasteiger partial charge in [-0.05, 0) is 44.0 Å². The molecule has 0 aliphatic carbocycles. The predicted molar refractivity (Wildman–Crippen MR) is 85.3 cm³/mol. The molecular weight excluding hydrogens is 327 g/mol. The monoisotopic (exact) mass is 344 g/mol. The maximum absolute atomic E-state index is 12.1. The standard InChI is InChI=1S/C15H18Cl2N2O3/c1-9(10-4-5-11(16)12(17)7-10)18-14(20)8-19-6-2-3-13(19)15(21)22/h4-5,7,9,13H,2-3,6,8H2,1H3,(H,18,20)(H,21,22)/t9-,13-/m1/s1. The summed E-state index contributed by atoms with van der Waals surface area (Å²) in [6, 6.07) is 4.40. The van der Waals surface area contributed by atoms with Gasteiger partial charge in [-0.1, -0.05) is 29.3 Å². The van der Waals surface area contributed by atoms with Gasteiger partial charge >= 0.3 is 5.97 Å². The van der Waals surface area contributed by atoms with Gasteiger partial charge in [0.1, 0.15) is 6.04 Å². The second-order valence-electron chi connectivity index (χ2n) is 5.43. The summed E-state index contributed by atoms with van der Waals surface area (Å²) in [6.45, 7) is 2.56. The largest absolute Gasteiger partial charge is 0.480 e. The normalized spacial score (nSPS) is 19.9. The van der Waals surface area contributed by atoms with Gasteiger partial charge in [0.15, 0.2) is 0 Å². The molecule has 1 aliphatic rings. The molecule has 7 heteroatoms. The Kier molecular flexibility index (Phi) is 5.67. The molecule has 0 unspecified atom stereocenters. The average Bonchev–Trinajstić information content (AvgIpc) is 2.89. The Morgan fingerprint density at radius 2 is 2.14 bits per heavy atom. The lowest BCUT2D eigenvalue weighted by molar-refractivity contribution is -0.142. The van der Waals surface area contributed by atoms with E-state index < -0.39 is 12.0 Å². The van der Waals surface area contributed by atoms with Crippen LogP contribution in [0.5, 0.6) is 0 Å². The molecule has 0 bridgehead atoms. The number of halogens is 2. The van der Waals surface area contributed by atoms with E-state index in [9.17, 15) is 9.59 Å². The number of hydrogen-bond acceptors (Lipinski definition) is 3. The van der Waals surface area contributed by atoms with Gasteiger partial charge in [0.2, 0.25) is 5.91 Å². The van der Waals surface area contributed by atoms with E-state index in [1.165, 1.54) is 0 Å². The van der Waals surface area contributed by atoms with Gasteiger partial charge in [-0.15, -0.1) is 0 Å². The molecular formula is C15H18Cl2N2O3. The molecule has 2 rings (SSSR count). The van der Waals surface area contributed by atoms with Crippen molar-refractivity contribution in [2.45, 2.75) is 31.8 Å². The highest BCUT2D eigenvalue weighted by Gasteiger charge is 2.31. The van der Waals surface area contributed by atoms with Crippen molar-refractivity contribution >= 4 is 35.1 Å². The fourth-order valence-corrected chi connectivity index (χ4v) is 2.94. The number of aliphatic carboxylic acids is 1. The first-order chi connectivity index (χ1) is 10.4. The Balaban J connectivity index is 1.93. The van der Waals surface area contributed by atoms with Crippen LogP contribution in [0, 0.1) is 0 Å². The van der Waals surface area contributed by atoms with Crippen LogP contribution in [0.2, 0.25) is 10.0 Å². The molecule has 0 spiro atoms. The van der Waals surface area contributed by atoms with E-state index in [1.807, 2.05) is 6.92 Å². The van der Waals surface area contributed by atoms with Gasteiger partial charge < -0.3 is 10.4 Å². The number of carboxylic acids is 1. The number of hydrogen-bond donors (Lipinski definition) is 2. The Labute approximate surface area is 139 Å². The average molecular weight is 345 g/mol. The van der Waals surface area contributed by atoms with Crippen molar-refractivity contribution in [3.8, 4) is 0 Å². The summed E-state index contributed by atoms with van der Waals surface area (Å²) >= 11 is 11.8. The van der Waals surface area contributed by atoms with Gasteiger partial charge in [0, 0.05) is 0 Å². The van der Waals surface area contributed by atoms with Crippen molar-refractivity contribution in [2.75, 3.05) is 13.1 Å². The zero-order valence-corrected chi connectivity index (χ0v) is 13.7. The van der Waals surface area contributed by atoms with Crippen molar-refractivity contribution in [2.24, 2.45) is 0 Å². The molecule has 1 saturated heterocycles. The van der Waals surface area contributed by atoms with E-state index >= 15 is 0 Å². The van der Waals surface area contributed by atoms with Crippen LogP contribution in [0.4, 0.5) is 0 Å². The van der Waals surface area contributed by atoms with E-state index in [0.717, 1.165) is 12.0 Å². The van der Waals surface area contributed by atoms with Crippen LogP contribution >= 0.6 is 23.2 Å². The third kappa shape index (κ3) is 4.12. The summed E-state index contributed by atoms with van der Waals surface area (Å²) in [5.74, 6) is -1.07. The molecule has 1 amide bonds. The SMILES string of the molecule is C[C@@H](NC(=O)CN1CCC[C@@H]1C(=O)O)c1ccc(Cl)c(Cl)c1. The molecule has 120 valence electrons. The predicted octanol–water partition coefficient (Wildman–Crippen LogP) is 2.72. The molecule has 5 nitrogen and oxygen atoms in total. The van der Waals surface area contributed by atoms with Gasteiger partial charge in [0.25, 0.3) is 0 Å². The summed E-state index contributed by atoms with van der Waals surface area (Å²) in [5.41, 5.74) is 0.846. The molecule has 22 heavy (non-hydrogen) atoms. The molecule has 1 aromatic rings. The summed E-state index contributed by atoms with van der Waals surface area (Å²) in [5, 5.41) is 12.9. The minimum Gasteiger partial charge on any atom is -0.480 e. The number of nitrogens with one attached hydrogen (secondary N) is 1. The minimum absolute atomic E-state index is 0.0859. The van der Waals surface area contributed by atoms with Crippen LogP contribution in [-0.2, 0) is 9.59 Å². The van der Waals surface area contributed by atoms with Crippen LogP contribution in [-0.4, -0.2) is 41.0 Å². The van der Waals surface area contributed by atoms with Crippen LogP contribution in [0.3, 0.4) is 0 Å². The maximum Gasteiger partial charge on any atom is 0.320 e. The highest BCUT2D eigenvalue weighted by molar-refractivity contribution is 6.42. The van der Waals surface area contributed by atoms with Gasteiger partial charge in [-0.2, -0.15) is 0 Å². The second kappa shape index (κ2) is 7.31. The Hall–Kier alpha value is -1.30. The van der Waals surface area contributed by atoms with Gasteiger partial charge in [0.05, 0.1) is 22.6 Å². The van der Waals surface area contributed by atoms with Crippen LogP contribution in [0.1, 0.15) is 31.4 Å². The number of rotatable bonds is 5. The fourth-order valence-electron chi connectivity index (χ4n) is 2.63. The third-order valence-electron chi connectivity index (χ3n) is 3.82. The lowest BCUT2D eigenvalue weighted by Crippen LogP contribution is -2.43. The highest BCUT2D eigenvalue weighted by Crippen LogP contribution is 2.25. The number of benzene rings is 1. The lowest BCUT2D eigenvalue weighted by Gasteiger charge is -2.22.